The first-order chi connectivity index (χ1) is 9.70. The van der Waals surface area contributed by atoms with Crippen molar-refractivity contribution in [2.24, 2.45) is 0 Å². The summed E-state index contributed by atoms with van der Waals surface area (Å²) in [4.78, 5) is 0. The van der Waals surface area contributed by atoms with Gasteiger partial charge in [0.2, 0.25) is 5.55 Å². The van der Waals surface area contributed by atoms with Crippen LogP contribution in [0, 0.1) is 33.9 Å². The molecule has 0 fully saturated rings. The zero-order valence-electron chi connectivity index (χ0n) is 10.9. The number of hydrogen-bond donors (Lipinski definition) is 2. The van der Waals surface area contributed by atoms with E-state index in [1.165, 1.54) is 5.56 Å². The van der Waals surface area contributed by atoms with Gasteiger partial charge in [-0.3, -0.25) is 5.41 Å². The van der Waals surface area contributed by atoms with Crippen LogP contribution in [-0.4, -0.2) is 4.66 Å². The Morgan fingerprint density at radius 2 is 1.67 bits per heavy atom. The summed E-state index contributed by atoms with van der Waals surface area (Å²) in [5, 5.41) is 16.2. The topological polar surface area (TPSA) is 150 Å². The van der Waals surface area contributed by atoms with Crippen LogP contribution >= 0.6 is 0 Å². The van der Waals surface area contributed by atoms with Crippen molar-refractivity contribution in [1.29, 1.82) is 10.7 Å². The molecule has 1 heterocycles. The smallest absolute Gasteiger partial charge is 0.229 e. The van der Waals surface area contributed by atoms with Crippen molar-refractivity contribution >= 4 is 0 Å². The van der Waals surface area contributed by atoms with Crippen molar-refractivity contribution in [1.82, 2.24) is 0 Å². The fourth-order valence-corrected chi connectivity index (χ4v) is 1.39. The molecule has 110 valence electrons. The van der Waals surface area contributed by atoms with E-state index in [0.717, 1.165) is 5.56 Å². The summed E-state index contributed by atoms with van der Waals surface area (Å²) in [6.45, 7) is 2.01. The zero-order chi connectivity index (χ0) is 16.0. The molecule has 2 rings (SSSR count). The van der Waals surface area contributed by atoms with Crippen LogP contribution in [-0.2, 0) is 0 Å². The molecule has 0 radical (unpaired) electrons. The van der Waals surface area contributed by atoms with Gasteiger partial charge in [-0.05, 0) is 19.1 Å². The van der Waals surface area contributed by atoms with E-state index in [2.05, 4.69) is 0 Å². The Balaban J connectivity index is 0.000000383. The summed E-state index contributed by atoms with van der Waals surface area (Å²) < 4.78 is 38.0. The number of aryl methyl sites for hydroxylation is 1. The highest BCUT2D eigenvalue weighted by molar-refractivity contribution is 5.57. The molecule has 2 N–H and O–H groups in total. The molecule has 8 heteroatoms. The Morgan fingerprint density at radius 1 is 1.14 bits per heavy atom. The molecule has 0 saturated heterocycles. The van der Waals surface area contributed by atoms with E-state index in [1.807, 2.05) is 37.3 Å². The Kier molecular flexibility index (Phi) is 5.60. The van der Waals surface area contributed by atoms with Crippen molar-refractivity contribution < 1.29 is 33.3 Å². The van der Waals surface area contributed by atoms with E-state index >= 15 is 0 Å². The van der Waals surface area contributed by atoms with Gasteiger partial charge >= 0.3 is 0 Å². The Bertz CT molecular complexity index is 692. The lowest BCUT2D eigenvalue weighted by Crippen LogP contribution is -2.58. The minimum absolute atomic E-state index is 0.0967. The number of rotatable bonds is 1. The van der Waals surface area contributed by atoms with Crippen molar-refractivity contribution in [3.8, 4) is 17.4 Å². The normalized spacial score (nSPS) is 10.3. The molecular weight excluding hydrogens is 300 g/mol. The number of nitrogens with one attached hydrogen (secondary N) is 1. The van der Waals surface area contributed by atoms with Gasteiger partial charge in [-0.15, -0.1) is 0 Å². The minimum atomic E-state index is -4.69. The van der Waals surface area contributed by atoms with Crippen LogP contribution in [0.4, 0.5) is 0 Å². The van der Waals surface area contributed by atoms with Crippen LogP contribution in [0.5, 0.6) is 0 Å². The van der Waals surface area contributed by atoms with Crippen LogP contribution in [0.3, 0.4) is 0 Å². The van der Waals surface area contributed by atoms with Crippen LogP contribution in [0.1, 0.15) is 11.1 Å². The average molecular weight is 311 g/mol. The summed E-state index contributed by atoms with van der Waals surface area (Å²) in [6, 6.07) is 13.0. The fourth-order valence-electron chi connectivity index (χ4n) is 1.39. The van der Waals surface area contributed by atoms with Gasteiger partial charge < -0.3 is 4.42 Å². The summed E-state index contributed by atoms with van der Waals surface area (Å²) in [7, 11) is -4.69. The molecule has 0 saturated carbocycles. The van der Waals surface area contributed by atoms with E-state index in [0.29, 0.717) is 5.76 Å². The third-order valence-electron chi connectivity index (χ3n) is 2.31. The molecule has 0 amide bonds. The average Bonchev–Trinajstić information content (AvgIpc) is 2.37. The zero-order valence-corrected chi connectivity index (χ0v) is 11.6. The number of nitriles is 1. The second kappa shape index (κ2) is 6.99. The minimum Gasteiger partial charge on any atom is -0.438 e. The maximum atomic E-state index is 8.69. The summed E-state index contributed by atoms with van der Waals surface area (Å²) in [6.07, 6.45) is 0. The Hall–Kier alpha value is -2.21. The molecule has 0 bridgehead atoms. The molecule has 0 spiro atoms. The van der Waals surface area contributed by atoms with E-state index < -0.39 is 10.2 Å². The number of hydrogen-bond acceptors (Lipinski definition) is 7. The monoisotopic (exact) mass is 310 g/mol. The fraction of sp³-hybridized carbons (Fsp3) is 0.0769. The Morgan fingerprint density at radius 3 is 2.10 bits per heavy atom. The van der Waals surface area contributed by atoms with E-state index in [9.17, 15) is 0 Å². The molecule has 0 aliphatic carbocycles. The second-order valence-electron chi connectivity index (χ2n) is 3.92. The maximum Gasteiger partial charge on any atom is 0.229 e. The first-order valence-electron chi connectivity index (χ1n) is 5.50. The number of benzene rings is 1. The first-order valence-corrected chi connectivity index (χ1v) is 6.76. The number of nitrogens with zero attached hydrogens (tertiary/aromatic N) is 1. The van der Waals surface area contributed by atoms with Gasteiger partial charge in [0.25, 0.3) is 0 Å². The lowest BCUT2D eigenvalue weighted by molar-refractivity contribution is -1.92. The van der Waals surface area contributed by atoms with Gasteiger partial charge in [0.1, 0.15) is 17.4 Å². The summed E-state index contributed by atoms with van der Waals surface area (Å²) in [5.41, 5.74) is 2.23. The molecule has 1 aromatic carbocycles. The van der Waals surface area contributed by atoms with Crippen molar-refractivity contribution in [2.75, 3.05) is 0 Å². The van der Waals surface area contributed by atoms with Gasteiger partial charge in [-0.1, -0.05) is 29.8 Å². The third-order valence-corrected chi connectivity index (χ3v) is 2.31. The molecule has 21 heavy (non-hydrogen) atoms. The molecule has 0 aliphatic rings. The highest BCUT2D eigenvalue weighted by atomic mass is 35.7. The van der Waals surface area contributed by atoms with Crippen molar-refractivity contribution in [2.45, 2.75) is 6.92 Å². The standard InChI is InChI=1S/C13H10N2O.ClHO4/c1-9-2-4-10(5-3-9)12-7-6-11(8-14)13(15)16-12;2-1(3,4)5/h2-7,15H,1H3;(H,2,3,4,5). The lowest BCUT2D eigenvalue weighted by Gasteiger charge is -2.03. The van der Waals surface area contributed by atoms with Crippen LogP contribution in [0.25, 0.3) is 11.3 Å². The van der Waals surface area contributed by atoms with Crippen LogP contribution in [0.15, 0.2) is 40.8 Å². The van der Waals surface area contributed by atoms with E-state index in [4.69, 9.17) is 33.7 Å². The predicted molar refractivity (Wildman–Crippen MR) is 61.7 cm³/mol. The highest BCUT2D eigenvalue weighted by Crippen LogP contribution is 2.18. The predicted octanol–water partition coefficient (Wildman–Crippen LogP) is -1.52. The van der Waals surface area contributed by atoms with Crippen molar-refractivity contribution in [3.05, 3.63) is 53.1 Å². The van der Waals surface area contributed by atoms with Crippen molar-refractivity contribution in [3.63, 3.8) is 0 Å². The van der Waals surface area contributed by atoms with Gasteiger partial charge in [-0.2, -0.15) is 19.2 Å². The quantitative estimate of drug-likeness (QED) is 0.653. The Labute approximate surface area is 122 Å². The molecule has 0 atom stereocenters. The highest BCUT2D eigenvalue weighted by Gasteiger charge is 2.02. The third kappa shape index (κ3) is 6.18. The van der Waals surface area contributed by atoms with Gasteiger partial charge in [0.05, 0.1) is 14.9 Å². The molecule has 7 nitrogen and oxygen atoms in total. The van der Waals surface area contributed by atoms with Gasteiger partial charge in [0.15, 0.2) is 0 Å². The lowest BCUT2D eigenvalue weighted by atomic mass is 10.1. The van der Waals surface area contributed by atoms with E-state index in [-0.39, 0.29) is 11.1 Å². The van der Waals surface area contributed by atoms with Crippen LogP contribution in [0.2, 0.25) is 0 Å². The summed E-state index contributed by atoms with van der Waals surface area (Å²) >= 11 is 0. The van der Waals surface area contributed by atoms with E-state index in [1.54, 1.807) is 12.1 Å². The number of halogens is 1. The van der Waals surface area contributed by atoms with Crippen LogP contribution < -0.4 is 19.5 Å². The molecule has 0 unspecified atom stereocenters. The molecule has 1 aromatic heterocycles. The maximum absolute atomic E-state index is 8.69. The summed E-state index contributed by atoms with van der Waals surface area (Å²) in [5.74, 6) is 0.601. The van der Waals surface area contributed by atoms with Gasteiger partial charge in [0, 0.05) is 5.56 Å². The SMILES string of the molecule is Cc1ccc(-c2ccc(C#N)c(=N)o2)cc1.[O-][Cl+3]([O-])([O-])O. The second-order valence-corrected chi connectivity index (χ2v) is 4.71. The molecule has 2 aromatic rings. The first kappa shape index (κ1) is 16.8. The molecular formula is C13H11ClN2O5. The molecule has 0 aliphatic heterocycles. The van der Waals surface area contributed by atoms with Gasteiger partial charge in [-0.25, -0.2) is 0 Å². The largest absolute Gasteiger partial charge is 0.438 e.